The molecule has 1 aliphatic rings. The molecule has 0 radical (unpaired) electrons. The minimum atomic E-state index is -1.18. The Morgan fingerprint density at radius 1 is 1.00 bits per heavy atom. The Hall–Kier alpha value is -3.68. The second kappa shape index (κ2) is 8.77. The minimum Gasteiger partial charge on any atom is -0.480 e. The first-order valence-corrected chi connectivity index (χ1v) is 9.67. The van der Waals surface area contributed by atoms with E-state index in [0.29, 0.717) is 12.0 Å². The van der Waals surface area contributed by atoms with Gasteiger partial charge < -0.3 is 10.4 Å². The number of carbonyl (C=O) groups excluding carboxylic acids is 3. The van der Waals surface area contributed by atoms with Crippen LogP contribution in [0.3, 0.4) is 0 Å². The van der Waals surface area contributed by atoms with E-state index < -0.39 is 29.9 Å². The highest BCUT2D eigenvalue weighted by atomic mass is 16.4. The first-order valence-electron chi connectivity index (χ1n) is 9.67. The average molecular weight is 409 g/mol. The van der Waals surface area contributed by atoms with Crippen molar-refractivity contribution in [2.24, 2.45) is 5.92 Å². The van der Waals surface area contributed by atoms with Crippen LogP contribution < -0.4 is 5.32 Å². The molecule has 2 aromatic carbocycles. The van der Waals surface area contributed by atoms with Crippen LogP contribution in [0.25, 0.3) is 0 Å². The summed E-state index contributed by atoms with van der Waals surface area (Å²) in [7, 11) is 0. The number of nitrogens with one attached hydrogen (secondary N) is 1. The zero-order valence-corrected chi connectivity index (χ0v) is 16.7. The molecular formula is C22H23N3O5. The Kier molecular flexibility index (Phi) is 6.15. The van der Waals surface area contributed by atoms with Crippen molar-refractivity contribution >= 4 is 23.8 Å². The van der Waals surface area contributed by atoms with Gasteiger partial charge in [0.2, 0.25) is 0 Å². The molecule has 3 rings (SSSR count). The fraction of sp³-hybridized carbons (Fsp3) is 0.273. The Morgan fingerprint density at radius 3 is 2.03 bits per heavy atom. The predicted molar refractivity (Wildman–Crippen MR) is 108 cm³/mol. The van der Waals surface area contributed by atoms with Gasteiger partial charge in [-0.3, -0.25) is 9.59 Å². The van der Waals surface area contributed by atoms with Gasteiger partial charge in [-0.1, -0.05) is 62.7 Å². The van der Waals surface area contributed by atoms with Gasteiger partial charge in [-0.05, 0) is 23.6 Å². The molecule has 30 heavy (non-hydrogen) atoms. The molecule has 2 atom stereocenters. The highest BCUT2D eigenvalue weighted by molar-refractivity contribution is 6.21. The van der Waals surface area contributed by atoms with E-state index in [2.05, 4.69) is 5.32 Å². The first-order chi connectivity index (χ1) is 14.3. The smallest absolute Gasteiger partial charge is 0.337 e. The van der Waals surface area contributed by atoms with E-state index in [-0.39, 0.29) is 23.6 Å². The monoisotopic (exact) mass is 409 g/mol. The molecule has 0 bridgehead atoms. The number of hydrazine groups is 1. The molecule has 0 saturated heterocycles. The fourth-order valence-corrected chi connectivity index (χ4v) is 3.28. The topological polar surface area (TPSA) is 107 Å². The third-order valence-corrected chi connectivity index (χ3v) is 5.18. The molecule has 0 aliphatic carbocycles. The van der Waals surface area contributed by atoms with Gasteiger partial charge in [-0.15, -0.1) is 0 Å². The number of imide groups is 1. The van der Waals surface area contributed by atoms with Crippen molar-refractivity contribution in [1.29, 1.82) is 0 Å². The number of benzene rings is 2. The van der Waals surface area contributed by atoms with E-state index in [1.807, 2.05) is 6.92 Å². The lowest BCUT2D eigenvalue weighted by molar-refractivity contribution is -0.140. The molecule has 1 heterocycles. The van der Waals surface area contributed by atoms with Crippen molar-refractivity contribution in [3.63, 3.8) is 0 Å². The number of aliphatic carboxylic acids is 1. The zero-order chi connectivity index (χ0) is 21.8. The SMILES string of the molecule is CC[C@@H](C)[C@H](NC(=O)N(Cc1ccccc1)N1C(=O)c2ccccc2C1=O)C(=O)O. The number of fused-ring (bicyclic) bond motifs is 1. The van der Waals surface area contributed by atoms with Crippen LogP contribution in [0.2, 0.25) is 0 Å². The molecule has 8 heteroatoms. The summed E-state index contributed by atoms with van der Waals surface area (Å²) in [6, 6.07) is 13.2. The lowest BCUT2D eigenvalue weighted by Crippen LogP contribution is -2.57. The van der Waals surface area contributed by atoms with Crippen LogP contribution in [0.1, 0.15) is 46.5 Å². The highest BCUT2D eigenvalue weighted by Crippen LogP contribution is 2.25. The molecule has 1 aliphatic heterocycles. The highest BCUT2D eigenvalue weighted by Gasteiger charge is 2.42. The molecule has 0 aromatic heterocycles. The van der Waals surface area contributed by atoms with Crippen molar-refractivity contribution in [2.75, 3.05) is 0 Å². The number of carboxylic acids is 1. The maximum Gasteiger partial charge on any atom is 0.337 e. The standard InChI is InChI=1S/C22H23N3O5/c1-3-14(2)18(21(28)29)23-22(30)24(13-15-9-5-4-6-10-15)25-19(26)16-11-7-8-12-17(16)20(25)27/h4-12,14,18H,3,13H2,1-2H3,(H,23,30)(H,28,29)/t14-,18+/m1/s1. The number of rotatable bonds is 7. The second-order valence-electron chi connectivity index (χ2n) is 7.16. The summed E-state index contributed by atoms with van der Waals surface area (Å²) < 4.78 is 0. The molecule has 2 N–H and O–H groups in total. The summed E-state index contributed by atoms with van der Waals surface area (Å²) in [5.41, 5.74) is 1.08. The summed E-state index contributed by atoms with van der Waals surface area (Å²) in [6.07, 6.45) is 0.531. The fourth-order valence-electron chi connectivity index (χ4n) is 3.28. The Balaban J connectivity index is 1.95. The van der Waals surface area contributed by atoms with Crippen molar-refractivity contribution in [2.45, 2.75) is 32.9 Å². The third-order valence-electron chi connectivity index (χ3n) is 5.18. The van der Waals surface area contributed by atoms with Crippen LogP contribution in [0.5, 0.6) is 0 Å². The van der Waals surface area contributed by atoms with E-state index in [4.69, 9.17) is 0 Å². The molecule has 2 aromatic rings. The largest absolute Gasteiger partial charge is 0.480 e. The lowest BCUT2D eigenvalue weighted by Gasteiger charge is -2.32. The first kappa shape index (κ1) is 21.0. The van der Waals surface area contributed by atoms with Crippen molar-refractivity contribution in [1.82, 2.24) is 15.3 Å². The van der Waals surface area contributed by atoms with Gasteiger partial charge in [-0.2, -0.15) is 5.01 Å². The van der Waals surface area contributed by atoms with Gasteiger partial charge in [0, 0.05) is 0 Å². The maximum atomic E-state index is 13.1. The van der Waals surface area contributed by atoms with Gasteiger partial charge in [0.1, 0.15) is 6.04 Å². The lowest BCUT2D eigenvalue weighted by atomic mass is 9.99. The van der Waals surface area contributed by atoms with Crippen molar-refractivity contribution < 1.29 is 24.3 Å². The minimum absolute atomic E-state index is 0.0784. The molecule has 0 saturated carbocycles. The Morgan fingerprint density at radius 2 is 1.53 bits per heavy atom. The molecule has 0 unspecified atom stereocenters. The summed E-state index contributed by atoms with van der Waals surface area (Å²) in [4.78, 5) is 50.6. The number of carbonyl (C=O) groups is 4. The van der Waals surface area contributed by atoms with Crippen LogP contribution in [-0.4, -0.2) is 45.0 Å². The zero-order valence-electron chi connectivity index (χ0n) is 16.7. The Labute approximate surface area is 174 Å². The normalized spacial score (nSPS) is 14.8. The van der Waals surface area contributed by atoms with Gasteiger partial charge in [0.25, 0.3) is 11.8 Å². The maximum absolute atomic E-state index is 13.1. The van der Waals surface area contributed by atoms with E-state index in [9.17, 15) is 24.3 Å². The number of hydrogen-bond donors (Lipinski definition) is 2. The molecule has 0 spiro atoms. The van der Waals surface area contributed by atoms with Crippen LogP contribution in [0, 0.1) is 5.92 Å². The van der Waals surface area contributed by atoms with Gasteiger partial charge >= 0.3 is 12.0 Å². The van der Waals surface area contributed by atoms with Gasteiger partial charge in [-0.25, -0.2) is 14.6 Å². The summed E-state index contributed by atoms with van der Waals surface area (Å²) in [5, 5.41) is 13.8. The van der Waals surface area contributed by atoms with Crippen molar-refractivity contribution in [3.05, 3.63) is 71.3 Å². The number of urea groups is 1. The average Bonchev–Trinajstić information content (AvgIpc) is 3.00. The molecule has 4 amide bonds. The number of amides is 4. The van der Waals surface area contributed by atoms with Crippen molar-refractivity contribution in [3.8, 4) is 0 Å². The number of carboxylic acid groups (broad SMARTS) is 1. The quantitative estimate of drug-likeness (QED) is 0.684. The predicted octanol–water partition coefficient (Wildman–Crippen LogP) is 2.91. The third kappa shape index (κ3) is 4.03. The number of nitrogens with zero attached hydrogens (tertiary/aromatic N) is 2. The van der Waals surface area contributed by atoms with E-state index in [1.54, 1.807) is 49.4 Å². The Bertz CT molecular complexity index is 941. The van der Waals surface area contributed by atoms with Crippen LogP contribution in [0.15, 0.2) is 54.6 Å². The molecule has 0 fully saturated rings. The summed E-state index contributed by atoms with van der Waals surface area (Å²) in [5.74, 6) is -2.78. The van der Waals surface area contributed by atoms with Crippen LogP contribution in [-0.2, 0) is 11.3 Å². The van der Waals surface area contributed by atoms with E-state index >= 15 is 0 Å². The van der Waals surface area contributed by atoms with Crippen LogP contribution >= 0.6 is 0 Å². The molecular weight excluding hydrogens is 386 g/mol. The summed E-state index contributed by atoms with van der Waals surface area (Å²) in [6.45, 7) is 3.45. The second-order valence-corrected chi connectivity index (χ2v) is 7.16. The van der Waals surface area contributed by atoms with Gasteiger partial charge in [0.15, 0.2) is 0 Å². The van der Waals surface area contributed by atoms with Crippen LogP contribution in [0.4, 0.5) is 4.79 Å². The molecule has 8 nitrogen and oxygen atoms in total. The summed E-state index contributed by atoms with van der Waals surface area (Å²) >= 11 is 0. The van der Waals surface area contributed by atoms with E-state index in [0.717, 1.165) is 10.0 Å². The van der Waals surface area contributed by atoms with E-state index in [1.165, 1.54) is 12.1 Å². The molecule has 156 valence electrons. The van der Waals surface area contributed by atoms with Gasteiger partial charge in [0.05, 0.1) is 17.7 Å². The number of hydrogen-bond acceptors (Lipinski definition) is 4.